The van der Waals surface area contributed by atoms with Gasteiger partial charge in [0, 0.05) is 19.8 Å². The largest absolute Gasteiger partial charge is 0.385 e. The lowest BCUT2D eigenvalue weighted by Gasteiger charge is -2.15. The molecule has 1 aromatic carbocycles. The molecule has 1 aliphatic rings. The first-order valence-electron chi connectivity index (χ1n) is 6.65. The van der Waals surface area contributed by atoms with Gasteiger partial charge in [0.05, 0.1) is 0 Å². The van der Waals surface area contributed by atoms with Crippen LogP contribution in [0, 0.1) is 0 Å². The Kier molecular flexibility index (Phi) is 4.57. The third kappa shape index (κ3) is 3.30. The van der Waals surface area contributed by atoms with E-state index in [0.717, 1.165) is 19.6 Å². The third-order valence-corrected chi connectivity index (χ3v) is 3.60. The summed E-state index contributed by atoms with van der Waals surface area (Å²) in [6, 6.07) is 7.41. The minimum atomic E-state index is 0.442. The molecule has 0 amide bonds. The summed E-state index contributed by atoms with van der Waals surface area (Å²) in [5.74, 6) is 0. The van der Waals surface area contributed by atoms with E-state index in [2.05, 4.69) is 30.4 Å². The second-order valence-corrected chi connectivity index (χ2v) is 4.90. The van der Waals surface area contributed by atoms with Crippen LogP contribution < -0.4 is 5.32 Å². The molecule has 0 bridgehead atoms. The molecule has 17 heavy (non-hydrogen) atoms. The van der Waals surface area contributed by atoms with E-state index >= 15 is 0 Å². The van der Waals surface area contributed by atoms with Crippen molar-refractivity contribution in [1.82, 2.24) is 5.32 Å². The molecule has 0 radical (unpaired) electrons. The number of aryl methyl sites for hydroxylation is 2. The van der Waals surface area contributed by atoms with Crippen LogP contribution in [0.1, 0.15) is 42.5 Å². The molecule has 94 valence electrons. The van der Waals surface area contributed by atoms with Crippen molar-refractivity contribution in [3.8, 4) is 0 Å². The molecule has 0 aliphatic heterocycles. The van der Waals surface area contributed by atoms with Crippen LogP contribution in [-0.4, -0.2) is 20.3 Å². The maximum Gasteiger partial charge on any atom is 0.0474 e. The number of methoxy groups -OCH3 is 1. The molecule has 1 aliphatic carbocycles. The van der Waals surface area contributed by atoms with Crippen LogP contribution in [0.5, 0.6) is 0 Å². The highest BCUT2D eigenvalue weighted by molar-refractivity contribution is 5.36. The maximum atomic E-state index is 5.05. The van der Waals surface area contributed by atoms with Crippen molar-refractivity contribution in [3.05, 3.63) is 34.9 Å². The predicted molar refractivity (Wildman–Crippen MR) is 71.4 cm³/mol. The molecule has 2 nitrogen and oxygen atoms in total. The minimum Gasteiger partial charge on any atom is -0.385 e. The zero-order chi connectivity index (χ0) is 12.1. The van der Waals surface area contributed by atoms with Crippen molar-refractivity contribution in [2.75, 3.05) is 20.3 Å². The molecule has 0 saturated heterocycles. The Morgan fingerprint density at radius 1 is 1.29 bits per heavy atom. The normalized spacial score (nSPS) is 15.9. The smallest absolute Gasteiger partial charge is 0.0474 e. The lowest BCUT2D eigenvalue weighted by Crippen LogP contribution is -2.21. The number of benzene rings is 1. The Bertz CT molecular complexity index is 362. The van der Waals surface area contributed by atoms with Crippen LogP contribution >= 0.6 is 0 Å². The van der Waals surface area contributed by atoms with E-state index in [1.807, 2.05) is 0 Å². The molecular weight excluding hydrogens is 210 g/mol. The van der Waals surface area contributed by atoms with Gasteiger partial charge in [0.1, 0.15) is 0 Å². The minimum absolute atomic E-state index is 0.442. The summed E-state index contributed by atoms with van der Waals surface area (Å²) < 4.78 is 5.05. The number of nitrogens with one attached hydrogen (secondary N) is 1. The van der Waals surface area contributed by atoms with Gasteiger partial charge in [-0.25, -0.2) is 0 Å². The van der Waals surface area contributed by atoms with Gasteiger partial charge >= 0.3 is 0 Å². The molecule has 0 saturated carbocycles. The highest BCUT2D eigenvalue weighted by atomic mass is 16.5. The Hall–Kier alpha value is -0.860. The first kappa shape index (κ1) is 12.6. The van der Waals surface area contributed by atoms with Gasteiger partial charge in [0.15, 0.2) is 0 Å². The molecule has 0 aromatic heterocycles. The fraction of sp³-hybridized carbons (Fsp3) is 0.600. The summed E-state index contributed by atoms with van der Waals surface area (Å²) in [5, 5.41) is 3.54. The number of rotatable bonds is 6. The zero-order valence-corrected chi connectivity index (χ0v) is 11.0. The fourth-order valence-electron chi connectivity index (χ4n) is 2.51. The molecular formula is C15H23NO. The summed E-state index contributed by atoms with van der Waals surface area (Å²) in [7, 11) is 1.75. The molecule has 0 fully saturated rings. The van der Waals surface area contributed by atoms with Crippen molar-refractivity contribution in [3.63, 3.8) is 0 Å². The van der Waals surface area contributed by atoms with E-state index in [9.17, 15) is 0 Å². The highest BCUT2D eigenvalue weighted by Crippen LogP contribution is 2.25. The number of fused-ring (bicyclic) bond motifs is 1. The van der Waals surface area contributed by atoms with E-state index in [1.54, 1.807) is 18.2 Å². The van der Waals surface area contributed by atoms with Crippen molar-refractivity contribution in [2.45, 2.75) is 38.6 Å². The van der Waals surface area contributed by atoms with Crippen molar-refractivity contribution >= 4 is 0 Å². The molecule has 1 N–H and O–H groups in total. The summed E-state index contributed by atoms with van der Waals surface area (Å²) in [5.41, 5.74) is 4.54. The van der Waals surface area contributed by atoms with Gasteiger partial charge in [-0.2, -0.15) is 0 Å². The quantitative estimate of drug-likeness (QED) is 0.763. The molecule has 1 unspecified atom stereocenters. The van der Waals surface area contributed by atoms with Crippen LogP contribution in [0.2, 0.25) is 0 Å². The molecule has 2 rings (SSSR count). The summed E-state index contributed by atoms with van der Waals surface area (Å²) >= 11 is 0. The first-order chi connectivity index (χ1) is 8.31. The van der Waals surface area contributed by atoms with Crippen LogP contribution in [0.3, 0.4) is 0 Å². The molecule has 2 heteroatoms. The Morgan fingerprint density at radius 2 is 2.12 bits per heavy atom. The van der Waals surface area contributed by atoms with E-state index < -0.39 is 0 Å². The van der Waals surface area contributed by atoms with E-state index in [4.69, 9.17) is 4.74 Å². The third-order valence-electron chi connectivity index (χ3n) is 3.60. The first-order valence-corrected chi connectivity index (χ1v) is 6.65. The van der Waals surface area contributed by atoms with Crippen LogP contribution in [0.25, 0.3) is 0 Å². The summed E-state index contributed by atoms with van der Waals surface area (Å²) in [6.07, 6.45) is 4.94. The second kappa shape index (κ2) is 6.18. The maximum absolute atomic E-state index is 5.05. The SMILES string of the molecule is COCCCNC(C)c1ccc2c(c1)CCC2. The van der Waals surface area contributed by atoms with E-state index in [0.29, 0.717) is 6.04 Å². The average molecular weight is 233 g/mol. The van der Waals surface area contributed by atoms with Crippen LogP contribution in [-0.2, 0) is 17.6 Å². The summed E-state index contributed by atoms with van der Waals surface area (Å²) in [4.78, 5) is 0. The number of hydrogen-bond donors (Lipinski definition) is 1. The molecule has 1 atom stereocenters. The van der Waals surface area contributed by atoms with Gasteiger partial charge in [-0.1, -0.05) is 18.2 Å². The topological polar surface area (TPSA) is 21.3 Å². The van der Waals surface area contributed by atoms with Crippen molar-refractivity contribution in [1.29, 1.82) is 0 Å². The van der Waals surface area contributed by atoms with Gasteiger partial charge in [0.2, 0.25) is 0 Å². The molecule has 0 spiro atoms. The van der Waals surface area contributed by atoms with Crippen molar-refractivity contribution in [2.24, 2.45) is 0 Å². The van der Waals surface area contributed by atoms with Gasteiger partial charge < -0.3 is 10.1 Å². The Morgan fingerprint density at radius 3 is 2.94 bits per heavy atom. The average Bonchev–Trinajstić information content (AvgIpc) is 2.81. The van der Waals surface area contributed by atoms with Crippen molar-refractivity contribution < 1.29 is 4.74 Å². The van der Waals surface area contributed by atoms with Gasteiger partial charge in [-0.15, -0.1) is 0 Å². The second-order valence-electron chi connectivity index (χ2n) is 4.90. The molecule has 1 aromatic rings. The van der Waals surface area contributed by atoms with Gasteiger partial charge in [-0.05, 0) is 55.8 Å². The highest BCUT2D eigenvalue weighted by Gasteiger charge is 2.12. The summed E-state index contributed by atoms with van der Waals surface area (Å²) in [6.45, 7) is 4.10. The van der Waals surface area contributed by atoms with Crippen LogP contribution in [0.4, 0.5) is 0 Å². The van der Waals surface area contributed by atoms with Gasteiger partial charge in [0.25, 0.3) is 0 Å². The Balaban J connectivity index is 1.88. The zero-order valence-electron chi connectivity index (χ0n) is 11.0. The lowest BCUT2D eigenvalue weighted by molar-refractivity contribution is 0.193. The number of hydrogen-bond acceptors (Lipinski definition) is 2. The Labute approximate surface area is 104 Å². The van der Waals surface area contributed by atoms with E-state index in [-0.39, 0.29) is 0 Å². The predicted octanol–water partition coefficient (Wildman–Crippen LogP) is 2.86. The standard InChI is InChI=1S/C15H23NO/c1-12(16-9-4-10-17-2)14-8-7-13-5-3-6-15(13)11-14/h7-8,11-12,16H,3-6,9-10H2,1-2H3. The number of ether oxygens (including phenoxy) is 1. The van der Waals surface area contributed by atoms with Crippen LogP contribution in [0.15, 0.2) is 18.2 Å². The fourth-order valence-corrected chi connectivity index (χ4v) is 2.51. The van der Waals surface area contributed by atoms with E-state index in [1.165, 1.54) is 24.8 Å². The van der Waals surface area contributed by atoms with Gasteiger partial charge in [-0.3, -0.25) is 0 Å². The lowest BCUT2D eigenvalue weighted by atomic mass is 10.0. The monoisotopic (exact) mass is 233 g/mol. The molecule has 0 heterocycles.